The van der Waals surface area contributed by atoms with Gasteiger partial charge in [0.15, 0.2) is 5.69 Å². The lowest BCUT2D eigenvalue weighted by atomic mass is 9.92. The quantitative estimate of drug-likeness (QED) is 0.156. The van der Waals surface area contributed by atoms with Crippen molar-refractivity contribution >= 4 is 22.4 Å². The largest absolute Gasteiger partial charge is 0.496 e. The third-order valence-corrected chi connectivity index (χ3v) is 8.11. The van der Waals surface area contributed by atoms with Crippen LogP contribution in [0.3, 0.4) is 0 Å². The molecule has 0 radical (unpaired) electrons. The first-order valence-electron chi connectivity index (χ1n) is 14.8. The number of methoxy groups -OCH3 is 1. The van der Waals surface area contributed by atoms with E-state index in [4.69, 9.17) is 4.74 Å². The van der Waals surface area contributed by atoms with E-state index >= 15 is 4.39 Å². The normalized spacial score (nSPS) is 14.0. The van der Waals surface area contributed by atoms with Crippen molar-refractivity contribution in [1.82, 2.24) is 15.1 Å². The van der Waals surface area contributed by atoms with Gasteiger partial charge in [-0.2, -0.15) is 18.3 Å². The average molecular weight is 617 g/mol. The summed E-state index contributed by atoms with van der Waals surface area (Å²) in [6, 6.07) is 23.1. The molecule has 1 saturated carbocycles. The highest BCUT2D eigenvalue weighted by molar-refractivity contribution is 6.03. The van der Waals surface area contributed by atoms with Gasteiger partial charge in [-0.1, -0.05) is 55.5 Å². The minimum atomic E-state index is -4.79. The number of ether oxygens (including phenoxy) is 1. The number of carbonyl (C=O) groups excluding carboxylic acids is 1. The molecule has 1 amide bonds. The molecule has 0 spiro atoms. The van der Waals surface area contributed by atoms with Gasteiger partial charge in [0.05, 0.1) is 24.5 Å². The second-order valence-corrected chi connectivity index (χ2v) is 11.2. The van der Waals surface area contributed by atoms with E-state index in [2.05, 4.69) is 15.7 Å². The lowest BCUT2D eigenvalue weighted by Gasteiger charge is -2.24. The molecule has 1 aliphatic rings. The van der Waals surface area contributed by atoms with E-state index < -0.39 is 29.6 Å². The number of hydrogen-bond acceptors (Lipinski definition) is 4. The summed E-state index contributed by atoms with van der Waals surface area (Å²) in [4.78, 5) is 13.6. The van der Waals surface area contributed by atoms with Crippen LogP contribution in [-0.4, -0.2) is 29.3 Å². The summed E-state index contributed by atoms with van der Waals surface area (Å²) in [5, 5.41) is 11.8. The number of aromatic nitrogens is 2. The summed E-state index contributed by atoms with van der Waals surface area (Å²) in [6.45, 7) is 2.64. The van der Waals surface area contributed by atoms with Crippen LogP contribution in [0.2, 0.25) is 0 Å². The third kappa shape index (κ3) is 6.42. The molecular formula is C35H32F4N4O2. The Morgan fingerprint density at radius 1 is 1.02 bits per heavy atom. The zero-order valence-electron chi connectivity index (χ0n) is 24.8. The molecule has 0 saturated heterocycles. The van der Waals surface area contributed by atoms with Crippen molar-refractivity contribution in [2.45, 2.75) is 38.4 Å². The second-order valence-electron chi connectivity index (χ2n) is 11.2. The molecule has 1 heterocycles. The summed E-state index contributed by atoms with van der Waals surface area (Å²) >= 11 is 0. The molecule has 0 bridgehead atoms. The highest BCUT2D eigenvalue weighted by atomic mass is 19.4. The van der Waals surface area contributed by atoms with Gasteiger partial charge in [-0.3, -0.25) is 4.79 Å². The average Bonchev–Trinajstić information content (AvgIpc) is 3.75. The number of rotatable bonds is 10. The number of hydrogen-bond donors (Lipinski definition) is 2. The van der Waals surface area contributed by atoms with Crippen LogP contribution < -0.4 is 15.4 Å². The number of amides is 1. The number of nitrogens with one attached hydrogen (secondary N) is 2. The maximum atomic E-state index is 15.3. The lowest BCUT2D eigenvalue weighted by Crippen LogP contribution is -2.26. The predicted octanol–water partition coefficient (Wildman–Crippen LogP) is 8.10. The maximum absolute atomic E-state index is 15.3. The van der Waals surface area contributed by atoms with Gasteiger partial charge in [0.2, 0.25) is 0 Å². The number of fused-ring (bicyclic) bond motifs is 1. The van der Waals surface area contributed by atoms with Gasteiger partial charge < -0.3 is 15.4 Å². The van der Waals surface area contributed by atoms with Crippen LogP contribution in [0.4, 0.5) is 23.2 Å². The SMILES string of the molecule is CCc1cccc(-n2nc(C(F)(F)F)cc2C(=O)Nc2cc(C(NCC3CC3)c3c(OC)ccc4ccccc34)ccc2F)c1. The van der Waals surface area contributed by atoms with Gasteiger partial charge in [-0.05, 0) is 84.0 Å². The third-order valence-electron chi connectivity index (χ3n) is 8.11. The van der Waals surface area contributed by atoms with E-state index in [1.165, 1.54) is 12.1 Å². The van der Waals surface area contributed by atoms with Crippen LogP contribution in [0.1, 0.15) is 58.7 Å². The monoisotopic (exact) mass is 616 g/mol. The van der Waals surface area contributed by atoms with Crippen molar-refractivity contribution in [2.24, 2.45) is 5.92 Å². The van der Waals surface area contributed by atoms with Crippen LogP contribution in [-0.2, 0) is 12.6 Å². The first-order chi connectivity index (χ1) is 21.7. The molecule has 6 nitrogen and oxygen atoms in total. The van der Waals surface area contributed by atoms with Gasteiger partial charge in [-0.25, -0.2) is 9.07 Å². The molecular weight excluding hydrogens is 584 g/mol. The zero-order chi connectivity index (χ0) is 31.7. The molecule has 45 heavy (non-hydrogen) atoms. The Balaban J connectivity index is 1.40. The molecule has 0 aliphatic heterocycles. The number of halogens is 4. The van der Waals surface area contributed by atoms with Gasteiger partial charge in [0.1, 0.15) is 17.3 Å². The van der Waals surface area contributed by atoms with Crippen LogP contribution in [0, 0.1) is 11.7 Å². The molecule has 1 fully saturated rings. The molecule has 2 N–H and O–H groups in total. The standard InChI is InChI=1S/C35H32F4N4O2/c1-3-21-7-6-9-25(17-21)43-29(19-31(42-43)35(37,38)39)34(44)41-28-18-24(13-15-27(28)36)33(40-20-22-11-12-22)32-26-10-5-4-8-23(26)14-16-30(32)45-2/h4-10,13-19,22,33,40H,3,11-12,20H2,1-2H3,(H,41,44). The summed E-state index contributed by atoms with van der Waals surface area (Å²) in [5.41, 5.74) is 0.895. The fraction of sp³-hybridized carbons (Fsp3) is 0.257. The predicted molar refractivity (Wildman–Crippen MR) is 165 cm³/mol. The highest BCUT2D eigenvalue weighted by Crippen LogP contribution is 2.39. The first-order valence-corrected chi connectivity index (χ1v) is 14.8. The van der Waals surface area contributed by atoms with Crippen LogP contribution in [0.25, 0.3) is 16.5 Å². The van der Waals surface area contributed by atoms with E-state index in [-0.39, 0.29) is 17.1 Å². The van der Waals surface area contributed by atoms with Crippen molar-refractivity contribution in [2.75, 3.05) is 19.0 Å². The minimum absolute atomic E-state index is 0.168. The van der Waals surface area contributed by atoms with Crippen molar-refractivity contribution in [3.8, 4) is 11.4 Å². The van der Waals surface area contributed by atoms with Gasteiger partial charge in [0, 0.05) is 11.6 Å². The van der Waals surface area contributed by atoms with E-state index in [1.807, 2.05) is 49.4 Å². The number of alkyl halides is 3. The molecule has 6 rings (SSSR count). The summed E-state index contributed by atoms with van der Waals surface area (Å²) in [5.74, 6) is -0.480. The molecule has 10 heteroatoms. The molecule has 232 valence electrons. The number of benzene rings is 4. The Morgan fingerprint density at radius 2 is 1.82 bits per heavy atom. The van der Waals surface area contributed by atoms with Gasteiger partial charge >= 0.3 is 6.18 Å². The minimum Gasteiger partial charge on any atom is -0.496 e. The van der Waals surface area contributed by atoms with E-state index in [0.29, 0.717) is 29.7 Å². The zero-order valence-corrected chi connectivity index (χ0v) is 24.8. The summed E-state index contributed by atoms with van der Waals surface area (Å²) in [6.07, 6.45) is -1.91. The fourth-order valence-corrected chi connectivity index (χ4v) is 5.54. The number of aryl methyl sites for hydroxylation is 1. The highest BCUT2D eigenvalue weighted by Gasteiger charge is 2.36. The Hall–Kier alpha value is -4.70. The molecule has 1 aromatic heterocycles. The molecule has 4 aromatic carbocycles. The molecule has 5 aromatic rings. The number of anilines is 1. The maximum Gasteiger partial charge on any atom is 0.435 e. The lowest BCUT2D eigenvalue weighted by molar-refractivity contribution is -0.141. The number of nitrogens with zero attached hydrogens (tertiary/aromatic N) is 2. The van der Waals surface area contributed by atoms with Crippen molar-refractivity contribution in [1.29, 1.82) is 0 Å². The van der Waals surface area contributed by atoms with E-state index in [9.17, 15) is 18.0 Å². The first kappa shape index (κ1) is 30.3. The Labute approximate surface area is 258 Å². The summed E-state index contributed by atoms with van der Waals surface area (Å²) < 4.78 is 63.2. The smallest absolute Gasteiger partial charge is 0.435 e. The van der Waals surface area contributed by atoms with Gasteiger partial charge in [-0.15, -0.1) is 0 Å². The Morgan fingerprint density at radius 3 is 2.56 bits per heavy atom. The van der Waals surface area contributed by atoms with Crippen LogP contribution >= 0.6 is 0 Å². The van der Waals surface area contributed by atoms with Crippen LogP contribution in [0.15, 0.2) is 84.9 Å². The second kappa shape index (κ2) is 12.4. The molecule has 1 atom stereocenters. The topological polar surface area (TPSA) is 68.2 Å². The fourth-order valence-electron chi connectivity index (χ4n) is 5.54. The Bertz CT molecular complexity index is 1860. The molecule has 1 aliphatic carbocycles. The van der Waals surface area contributed by atoms with E-state index in [0.717, 1.165) is 46.0 Å². The van der Waals surface area contributed by atoms with Crippen molar-refractivity contribution in [3.05, 3.63) is 119 Å². The molecule has 1 unspecified atom stereocenters. The van der Waals surface area contributed by atoms with Gasteiger partial charge in [0.25, 0.3) is 5.91 Å². The summed E-state index contributed by atoms with van der Waals surface area (Å²) in [7, 11) is 1.59. The number of carbonyl (C=O) groups is 1. The van der Waals surface area contributed by atoms with Crippen molar-refractivity contribution in [3.63, 3.8) is 0 Å². The van der Waals surface area contributed by atoms with E-state index in [1.54, 1.807) is 31.4 Å². The van der Waals surface area contributed by atoms with Crippen LogP contribution in [0.5, 0.6) is 5.75 Å². The van der Waals surface area contributed by atoms with Crippen molar-refractivity contribution < 1.29 is 27.1 Å². The Kier molecular flexibility index (Phi) is 8.33.